The molecule has 2 aromatic heterocycles. The van der Waals surface area contributed by atoms with E-state index < -0.39 is 10.2 Å². The van der Waals surface area contributed by atoms with Crippen LogP contribution >= 0.6 is 0 Å². The number of rotatable bonds is 3. The Morgan fingerprint density at radius 2 is 1.90 bits per heavy atom. The van der Waals surface area contributed by atoms with Crippen LogP contribution in [0.2, 0.25) is 0 Å². The summed E-state index contributed by atoms with van der Waals surface area (Å²) in [4.78, 5) is 8.60. The first kappa shape index (κ1) is 14.1. The van der Waals surface area contributed by atoms with Gasteiger partial charge < -0.3 is 0 Å². The molecule has 0 unspecified atom stereocenters. The number of hydrogen-bond donors (Lipinski definition) is 0. The molecule has 110 valence electrons. The van der Waals surface area contributed by atoms with E-state index in [0.717, 1.165) is 17.0 Å². The molecule has 1 fully saturated rings. The molecule has 1 aliphatic rings. The molecule has 7 heteroatoms. The molecule has 0 radical (unpaired) electrons. The van der Waals surface area contributed by atoms with Gasteiger partial charge in [-0.15, -0.1) is 0 Å². The lowest BCUT2D eigenvalue weighted by Gasteiger charge is -2.15. The predicted molar refractivity (Wildman–Crippen MR) is 79.4 cm³/mol. The zero-order chi connectivity index (χ0) is 14.9. The standard InChI is InChI=1S/C14H16N4O2S/c1-17-8-9-18(21(17,19)20)11-12-5-6-14(16-10-12)13-4-2-3-7-15-13/h2-7,10H,8-9,11H2,1H3. The second-order valence-electron chi connectivity index (χ2n) is 4.93. The molecule has 0 atom stereocenters. The molecule has 2 aromatic rings. The van der Waals surface area contributed by atoms with Gasteiger partial charge in [0.2, 0.25) is 0 Å². The SMILES string of the molecule is CN1CCN(Cc2ccc(-c3ccccn3)nc2)S1(=O)=O. The monoisotopic (exact) mass is 304 g/mol. The van der Waals surface area contributed by atoms with E-state index in [9.17, 15) is 8.42 Å². The number of aromatic nitrogens is 2. The van der Waals surface area contributed by atoms with Crippen molar-refractivity contribution in [1.82, 2.24) is 18.6 Å². The van der Waals surface area contributed by atoms with Gasteiger partial charge in [0, 0.05) is 39.1 Å². The fraction of sp³-hybridized carbons (Fsp3) is 0.286. The molecule has 1 aliphatic heterocycles. The van der Waals surface area contributed by atoms with Crippen LogP contribution in [0.3, 0.4) is 0 Å². The summed E-state index contributed by atoms with van der Waals surface area (Å²) in [7, 11) is -1.70. The number of nitrogens with zero attached hydrogens (tertiary/aromatic N) is 4. The summed E-state index contributed by atoms with van der Waals surface area (Å²) in [5.74, 6) is 0. The van der Waals surface area contributed by atoms with Gasteiger partial charge in [-0.3, -0.25) is 9.97 Å². The molecule has 0 bridgehead atoms. The van der Waals surface area contributed by atoms with E-state index in [1.165, 1.54) is 8.61 Å². The lowest BCUT2D eigenvalue weighted by molar-refractivity contribution is 0.444. The summed E-state index contributed by atoms with van der Waals surface area (Å²) >= 11 is 0. The smallest absolute Gasteiger partial charge is 0.255 e. The van der Waals surface area contributed by atoms with Crippen molar-refractivity contribution in [3.63, 3.8) is 0 Å². The first-order chi connectivity index (χ1) is 10.1. The number of likely N-dealkylation sites (N-methyl/N-ethyl adjacent to an activating group) is 1. The highest BCUT2D eigenvalue weighted by atomic mass is 32.2. The Morgan fingerprint density at radius 1 is 1.10 bits per heavy atom. The van der Waals surface area contributed by atoms with Crippen molar-refractivity contribution in [2.45, 2.75) is 6.54 Å². The van der Waals surface area contributed by atoms with Gasteiger partial charge in [-0.2, -0.15) is 17.0 Å². The van der Waals surface area contributed by atoms with Gasteiger partial charge in [0.05, 0.1) is 11.4 Å². The third-order valence-corrected chi connectivity index (χ3v) is 5.43. The first-order valence-corrected chi connectivity index (χ1v) is 8.05. The molecule has 0 amide bonds. The maximum Gasteiger partial charge on any atom is 0.282 e. The van der Waals surface area contributed by atoms with Gasteiger partial charge in [-0.05, 0) is 23.8 Å². The summed E-state index contributed by atoms with van der Waals surface area (Å²) in [6.45, 7) is 1.39. The van der Waals surface area contributed by atoms with Gasteiger partial charge in [-0.25, -0.2) is 0 Å². The Kier molecular flexibility index (Phi) is 3.71. The van der Waals surface area contributed by atoms with Crippen LogP contribution in [-0.2, 0) is 16.8 Å². The van der Waals surface area contributed by atoms with Crippen LogP contribution in [0.1, 0.15) is 5.56 Å². The van der Waals surface area contributed by atoms with Crippen molar-refractivity contribution in [3.05, 3.63) is 48.3 Å². The average molecular weight is 304 g/mol. The van der Waals surface area contributed by atoms with Crippen molar-refractivity contribution in [1.29, 1.82) is 0 Å². The van der Waals surface area contributed by atoms with Crippen LogP contribution in [0.25, 0.3) is 11.4 Å². The molecular weight excluding hydrogens is 288 g/mol. The predicted octanol–water partition coefficient (Wildman–Crippen LogP) is 1.14. The highest BCUT2D eigenvalue weighted by Crippen LogP contribution is 2.19. The van der Waals surface area contributed by atoms with Crippen molar-refractivity contribution in [3.8, 4) is 11.4 Å². The second-order valence-corrected chi connectivity index (χ2v) is 6.96. The Bertz CT molecular complexity index is 716. The van der Waals surface area contributed by atoms with Crippen molar-refractivity contribution in [2.24, 2.45) is 0 Å². The van der Waals surface area contributed by atoms with Crippen molar-refractivity contribution < 1.29 is 8.42 Å². The topological polar surface area (TPSA) is 66.4 Å². The largest absolute Gasteiger partial charge is 0.282 e. The minimum atomic E-state index is -3.30. The molecule has 3 rings (SSSR count). The van der Waals surface area contributed by atoms with Gasteiger partial charge in [0.25, 0.3) is 10.2 Å². The molecule has 0 spiro atoms. The summed E-state index contributed by atoms with van der Waals surface area (Å²) in [6.07, 6.45) is 3.43. The molecule has 0 aromatic carbocycles. The molecular formula is C14H16N4O2S. The summed E-state index contributed by atoms with van der Waals surface area (Å²) < 4.78 is 26.8. The number of pyridine rings is 2. The third-order valence-electron chi connectivity index (χ3n) is 3.50. The van der Waals surface area contributed by atoms with Crippen LogP contribution in [0.5, 0.6) is 0 Å². The zero-order valence-electron chi connectivity index (χ0n) is 11.7. The van der Waals surface area contributed by atoms with Crippen LogP contribution < -0.4 is 0 Å². The van der Waals surface area contributed by atoms with E-state index >= 15 is 0 Å². The first-order valence-electron chi connectivity index (χ1n) is 6.65. The molecule has 3 heterocycles. The second kappa shape index (κ2) is 5.51. The molecule has 1 saturated heterocycles. The van der Waals surface area contributed by atoms with E-state index in [1.54, 1.807) is 19.4 Å². The third kappa shape index (κ3) is 2.80. The lowest BCUT2D eigenvalue weighted by Crippen LogP contribution is -2.30. The maximum atomic E-state index is 12.0. The van der Waals surface area contributed by atoms with Crippen molar-refractivity contribution >= 4 is 10.2 Å². The Labute approximate surface area is 124 Å². The quantitative estimate of drug-likeness (QED) is 0.853. The van der Waals surface area contributed by atoms with E-state index in [2.05, 4.69) is 9.97 Å². The van der Waals surface area contributed by atoms with Crippen LogP contribution in [0, 0.1) is 0 Å². The molecule has 6 nitrogen and oxygen atoms in total. The fourth-order valence-corrected chi connectivity index (χ4v) is 3.56. The van der Waals surface area contributed by atoms with E-state index in [4.69, 9.17) is 0 Å². The Hall–Kier alpha value is -1.83. The van der Waals surface area contributed by atoms with E-state index in [0.29, 0.717) is 19.6 Å². The van der Waals surface area contributed by atoms with Crippen LogP contribution in [0.15, 0.2) is 42.7 Å². The molecule has 0 N–H and O–H groups in total. The fourth-order valence-electron chi connectivity index (χ4n) is 2.23. The van der Waals surface area contributed by atoms with E-state index in [-0.39, 0.29) is 0 Å². The van der Waals surface area contributed by atoms with Gasteiger partial charge in [-0.1, -0.05) is 12.1 Å². The summed E-state index contributed by atoms with van der Waals surface area (Å²) in [5, 5.41) is 0. The van der Waals surface area contributed by atoms with Crippen LogP contribution in [0.4, 0.5) is 0 Å². The highest BCUT2D eigenvalue weighted by Gasteiger charge is 2.33. The molecule has 0 saturated carbocycles. The molecule has 21 heavy (non-hydrogen) atoms. The average Bonchev–Trinajstić information content (AvgIpc) is 2.76. The lowest BCUT2D eigenvalue weighted by atomic mass is 10.2. The van der Waals surface area contributed by atoms with E-state index in [1.807, 2.05) is 30.3 Å². The van der Waals surface area contributed by atoms with Crippen molar-refractivity contribution in [2.75, 3.05) is 20.1 Å². The van der Waals surface area contributed by atoms with Gasteiger partial charge in [0.1, 0.15) is 0 Å². The zero-order valence-corrected chi connectivity index (χ0v) is 12.5. The Morgan fingerprint density at radius 3 is 2.48 bits per heavy atom. The highest BCUT2D eigenvalue weighted by molar-refractivity contribution is 7.86. The maximum absolute atomic E-state index is 12.0. The normalized spacial score (nSPS) is 18.9. The number of hydrogen-bond acceptors (Lipinski definition) is 4. The molecule has 0 aliphatic carbocycles. The summed E-state index contributed by atoms with van der Waals surface area (Å²) in [6, 6.07) is 9.41. The van der Waals surface area contributed by atoms with Crippen LogP contribution in [-0.4, -0.2) is 47.1 Å². The van der Waals surface area contributed by atoms with Gasteiger partial charge >= 0.3 is 0 Å². The minimum Gasteiger partial charge on any atom is -0.255 e. The van der Waals surface area contributed by atoms with Gasteiger partial charge in [0.15, 0.2) is 0 Å². The summed E-state index contributed by atoms with van der Waals surface area (Å²) in [5.41, 5.74) is 2.45. The minimum absolute atomic E-state index is 0.349. The Balaban J connectivity index is 1.77.